The van der Waals surface area contributed by atoms with E-state index in [-0.39, 0.29) is 27.6 Å². The third kappa shape index (κ3) is 6.19. The van der Waals surface area contributed by atoms with Gasteiger partial charge in [-0.2, -0.15) is 23.5 Å². The molecule has 3 heterocycles. The Kier molecular flexibility index (Phi) is 8.11. The summed E-state index contributed by atoms with van der Waals surface area (Å²) in [6, 6.07) is 10.5. The number of hydrogen-bond acceptors (Lipinski definition) is 7. The van der Waals surface area contributed by atoms with Crippen molar-refractivity contribution in [3.63, 3.8) is 0 Å². The summed E-state index contributed by atoms with van der Waals surface area (Å²) in [6.07, 6.45) is -4.12. The highest BCUT2D eigenvalue weighted by Gasteiger charge is 2.39. The summed E-state index contributed by atoms with van der Waals surface area (Å²) < 4.78 is 67.2. The van der Waals surface area contributed by atoms with E-state index in [0.717, 1.165) is 25.0 Å². The summed E-state index contributed by atoms with van der Waals surface area (Å²) in [5, 5.41) is 15.6. The Morgan fingerprint density at radius 1 is 1.12 bits per heavy atom. The Hall–Kier alpha value is -4.54. The molecule has 0 bridgehead atoms. The van der Waals surface area contributed by atoms with E-state index in [0.29, 0.717) is 24.2 Å². The van der Waals surface area contributed by atoms with E-state index in [4.69, 9.17) is 26.3 Å². The Morgan fingerprint density at radius 2 is 1.88 bits per heavy atom. The monoisotopic (exact) mass is 601 g/mol. The van der Waals surface area contributed by atoms with E-state index in [1.807, 2.05) is 0 Å². The molecule has 1 atom stereocenters. The van der Waals surface area contributed by atoms with Crippen molar-refractivity contribution in [1.29, 1.82) is 5.26 Å². The Bertz CT molecular complexity index is 1790. The number of benzene rings is 2. The zero-order valence-electron chi connectivity index (χ0n) is 21.5. The molecule has 4 aromatic rings. The van der Waals surface area contributed by atoms with Gasteiger partial charge in [-0.25, -0.2) is 14.5 Å². The van der Waals surface area contributed by atoms with Crippen LogP contribution in [0, 0.1) is 17.1 Å². The molecule has 1 fully saturated rings. The fraction of sp³-hybridized carbons (Fsp3) is 0.250. The largest absolute Gasteiger partial charge is 0.449 e. The predicted molar refractivity (Wildman–Crippen MR) is 142 cm³/mol. The van der Waals surface area contributed by atoms with Crippen molar-refractivity contribution in [1.82, 2.24) is 20.2 Å². The van der Waals surface area contributed by atoms with E-state index < -0.39 is 52.9 Å². The molecule has 0 amide bonds. The molecule has 2 aromatic heterocycles. The highest BCUT2D eigenvalue weighted by atomic mass is 35.5. The Labute approximate surface area is 239 Å². The normalized spacial score (nSPS) is 15.3. The Balaban J connectivity index is 1.61. The van der Waals surface area contributed by atoms with E-state index in [1.165, 1.54) is 30.3 Å². The van der Waals surface area contributed by atoms with Gasteiger partial charge in [-0.05, 0) is 55.2 Å². The van der Waals surface area contributed by atoms with Crippen molar-refractivity contribution >= 4 is 11.6 Å². The third-order valence-electron chi connectivity index (χ3n) is 6.48. The molecule has 1 aliphatic heterocycles. The topological polar surface area (TPSA) is 134 Å². The fourth-order valence-corrected chi connectivity index (χ4v) is 4.92. The molecule has 9 nitrogen and oxygen atoms in total. The number of rotatable bonds is 6. The molecule has 0 spiro atoms. The number of halogens is 5. The lowest BCUT2D eigenvalue weighted by Gasteiger charge is -2.26. The molecule has 0 radical (unpaired) electrons. The SMILES string of the molecule is N#Cc1cc(Cl)cc(Oc2c(C(F)(F)F)nc(Cc3n[nH]c(=O)c(-c4ccc(F)cc4)c3C3CCCCO3)[nH]c2=O)c1. The van der Waals surface area contributed by atoms with Crippen LogP contribution in [0.2, 0.25) is 5.02 Å². The van der Waals surface area contributed by atoms with Crippen LogP contribution in [0.5, 0.6) is 11.5 Å². The lowest BCUT2D eigenvalue weighted by Crippen LogP contribution is -2.25. The molecular weight excluding hydrogens is 582 g/mol. The molecular formula is C28H20ClF4N5O4. The van der Waals surface area contributed by atoms with Crippen LogP contribution in [0.25, 0.3) is 11.1 Å². The van der Waals surface area contributed by atoms with Gasteiger partial charge in [0, 0.05) is 17.2 Å². The average Bonchev–Trinajstić information content (AvgIpc) is 2.95. The first kappa shape index (κ1) is 29.0. The highest BCUT2D eigenvalue weighted by molar-refractivity contribution is 6.30. The number of nitriles is 1. The van der Waals surface area contributed by atoms with Gasteiger partial charge in [-0.1, -0.05) is 23.7 Å². The van der Waals surface area contributed by atoms with E-state index in [1.54, 1.807) is 6.07 Å². The molecule has 2 aromatic carbocycles. The lowest BCUT2D eigenvalue weighted by molar-refractivity contribution is -0.142. The standard InChI is InChI=1S/C28H20ClF4N5O4/c29-16-9-14(13-34)10-18(11-16)42-24-25(28(31,32)33)35-21(36-27(24)40)12-19-23(20-3-1-2-8-41-20)22(26(39)38-37-19)15-4-6-17(30)7-5-15/h4-7,9-11,20H,1-3,8,12H2,(H,38,39)(H,35,36,40). The molecule has 216 valence electrons. The molecule has 5 rings (SSSR count). The second kappa shape index (κ2) is 11.8. The van der Waals surface area contributed by atoms with Crippen molar-refractivity contribution in [2.75, 3.05) is 6.61 Å². The van der Waals surface area contributed by atoms with Crippen molar-refractivity contribution in [3.05, 3.63) is 102 Å². The molecule has 14 heteroatoms. The van der Waals surface area contributed by atoms with Crippen molar-refractivity contribution < 1.29 is 27.0 Å². The number of nitrogens with one attached hydrogen (secondary N) is 2. The minimum absolute atomic E-state index is 0.00521. The zero-order chi connectivity index (χ0) is 30.0. The predicted octanol–water partition coefficient (Wildman–Crippen LogP) is 5.83. The van der Waals surface area contributed by atoms with Gasteiger partial charge < -0.3 is 14.5 Å². The number of aromatic amines is 2. The molecule has 42 heavy (non-hydrogen) atoms. The lowest BCUT2D eigenvalue weighted by atomic mass is 9.91. The first-order valence-corrected chi connectivity index (χ1v) is 13.0. The number of hydrogen-bond donors (Lipinski definition) is 2. The number of ether oxygens (including phenoxy) is 2. The summed E-state index contributed by atoms with van der Waals surface area (Å²) in [5.74, 6) is -2.35. The minimum atomic E-state index is -5.11. The minimum Gasteiger partial charge on any atom is -0.449 e. The Morgan fingerprint density at radius 3 is 2.55 bits per heavy atom. The molecule has 1 unspecified atom stereocenters. The molecule has 1 aliphatic rings. The maximum atomic E-state index is 14.1. The maximum Gasteiger partial charge on any atom is 0.437 e. The van der Waals surface area contributed by atoms with Gasteiger partial charge in [-0.15, -0.1) is 0 Å². The summed E-state index contributed by atoms with van der Waals surface area (Å²) in [7, 11) is 0. The van der Waals surface area contributed by atoms with Crippen LogP contribution in [0.3, 0.4) is 0 Å². The molecule has 1 saturated heterocycles. The number of aromatic nitrogens is 4. The van der Waals surface area contributed by atoms with E-state index >= 15 is 0 Å². The average molecular weight is 602 g/mol. The number of H-pyrrole nitrogens is 2. The van der Waals surface area contributed by atoms with Gasteiger partial charge >= 0.3 is 6.18 Å². The summed E-state index contributed by atoms with van der Waals surface area (Å²) in [6.45, 7) is 0.385. The second-order valence-corrected chi connectivity index (χ2v) is 9.84. The summed E-state index contributed by atoms with van der Waals surface area (Å²) >= 11 is 5.92. The van der Waals surface area contributed by atoms with Crippen molar-refractivity contribution in [2.24, 2.45) is 0 Å². The number of alkyl halides is 3. The van der Waals surface area contributed by atoms with Crippen molar-refractivity contribution in [3.8, 4) is 28.7 Å². The van der Waals surface area contributed by atoms with Crippen LogP contribution < -0.4 is 15.9 Å². The van der Waals surface area contributed by atoms with Crippen LogP contribution in [-0.2, 0) is 17.3 Å². The molecule has 0 saturated carbocycles. The van der Waals surface area contributed by atoms with Gasteiger partial charge in [0.25, 0.3) is 11.1 Å². The van der Waals surface area contributed by atoms with Gasteiger partial charge in [0.2, 0.25) is 5.75 Å². The number of nitrogens with zero attached hydrogens (tertiary/aromatic N) is 3. The zero-order valence-corrected chi connectivity index (χ0v) is 22.3. The summed E-state index contributed by atoms with van der Waals surface area (Å²) in [4.78, 5) is 31.9. The third-order valence-corrected chi connectivity index (χ3v) is 6.70. The van der Waals surface area contributed by atoms with E-state index in [2.05, 4.69) is 20.2 Å². The van der Waals surface area contributed by atoms with Crippen LogP contribution in [0.4, 0.5) is 17.6 Å². The maximum absolute atomic E-state index is 14.1. The summed E-state index contributed by atoms with van der Waals surface area (Å²) in [5.41, 5.74) is -2.56. The van der Waals surface area contributed by atoms with Crippen LogP contribution in [0.15, 0.2) is 52.1 Å². The van der Waals surface area contributed by atoms with Crippen LogP contribution >= 0.6 is 11.6 Å². The highest BCUT2D eigenvalue weighted by Crippen LogP contribution is 2.37. The van der Waals surface area contributed by atoms with Gasteiger partial charge in [0.15, 0.2) is 5.69 Å². The fourth-order valence-electron chi connectivity index (χ4n) is 4.70. The van der Waals surface area contributed by atoms with E-state index in [9.17, 15) is 27.2 Å². The first-order valence-electron chi connectivity index (χ1n) is 12.6. The van der Waals surface area contributed by atoms with Gasteiger partial charge in [0.05, 0.1) is 35.4 Å². The van der Waals surface area contributed by atoms with Crippen LogP contribution in [-0.4, -0.2) is 26.8 Å². The smallest absolute Gasteiger partial charge is 0.437 e. The molecule has 0 aliphatic carbocycles. The van der Waals surface area contributed by atoms with Crippen LogP contribution in [0.1, 0.15) is 53.7 Å². The molecule has 2 N–H and O–H groups in total. The first-order chi connectivity index (χ1) is 20.0. The van der Waals surface area contributed by atoms with Crippen molar-refractivity contribution in [2.45, 2.75) is 38.0 Å². The van der Waals surface area contributed by atoms with Gasteiger partial charge in [0.1, 0.15) is 17.4 Å². The second-order valence-electron chi connectivity index (χ2n) is 9.40. The quantitative estimate of drug-likeness (QED) is 0.266. The van der Waals surface area contributed by atoms with Gasteiger partial charge in [-0.3, -0.25) is 9.59 Å².